The van der Waals surface area contributed by atoms with E-state index in [9.17, 15) is 0 Å². The molecule has 0 nitrogen and oxygen atoms in total. The number of fused-ring (bicyclic) bond motifs is 11. The van der Waals surface area contributed by atoms with Gasteiger partial charge in [0.1, 0.15) is 0 Å². The first kappa shape index (κ1) is 87.3. The summed E-state index contributed by atoms with van der Waals surface area (Å²) in [5.41, 5.74) is 34.6. The third-order valence-electron chi connectivity index (χ3n) is 29.8. The number of hydrogen-bond acceptors (Lipinski definition) is 0. The minimum absolute atomic E-state index is 1.21. The molecule has 0 saturated carbocycles. The first-order chi connectivity index (χ1) is 72.4. The molecule has 0 fully saturated rings. The summed E-state index contributed by atoms with van der Waals surface area (Å²) >= 11 is 0. The van der Waals surface area contributed by atoms with Crippen LogP contribution in [0.2, 0.25) is 0 Å². The summed E-state index contributed by atoms with van der Waals surface area (Å²) in [5, 5.41) is 27.7. The topological polar surface area (TPSA) is 0 Å². The summed E-state index contributed by atoms with van der Waals surface area (Å²) in [6.45, 7) is 0. The van der Waals surface area contributed by atoms with E-state index in [1.54, 1.807) is 0 Å². The van der Waals surface area contributed by atoms with Crippen molar-refractivity contribution < 1.29 is 0 Å². The van der Waals surface area contributed by atoms with Crippen LogP contribution in [0.4, 0.5) is 0 Å². The third kappa shape index (κ3) is 16.4. The van der Waals surface area contributed by atoms with Crippen LogP contribution in [0.5, 0.6) is 0 Å². The molecule has 0 unspecified atom stereocenters. The molecule has 28 aromatic carbocycles. The van der Waals surface area contributed by atoms with Gasteiger partial charge in [0.15, 0.2) is 0 Å². The van der Waals surface area contributed by atoms with Crippen molar-refractivity contribution in [1.82, 2.24) is 0 Å². The van der Waals surface area contributed by atoms with Crippen molar-refractivity contribution in [1.29, 1.82) is 0 Å². The van der Waals surface area contributed by atoms with Gasteiger partial charge < -0.3 is 0 Å². The molecular formula is C146H96. The van der Waals surface area contributed by atoms with Crippen molar-refractivity contribution in [2.45, 2.75) is 0 Å². The molecule has 0 saturated heterocycles. The van der Waals surface area contributed by atoms with Crippen LogP contribution < -0.4 is 0 Å². The highest BCUT2D eigenvalue weighted by atomic mass is 14.3. The van der Waals surface area contributed by atoms with Gasteiger partial charge in [0.25, 0.3) is 0 Å². The van der Waals surface area contributed by atoms with Crippen molar-refractivity contribution >= 4 is 118 Å². The Hall–Kier alpha value is -19.0. The zero-order valence-corrected chi connectivity index (χ0v) is 80.4. The van der Waals surface area contributed by atoms with Gasteiger partial charge in [0.2, 0.25) is 0 Å². The van der Waals surface area contributed by atoms with Crippen LogP contribution in [0.15, 0.2) is 582 Å². The molecule has 0 aliphatic heterocycles. The molecule has 680 valence electrons. The predicted molar refractivity (Wildman–Crippen MR) is 628 cm³/mol. The average Bonchev–Trinajstić information content (AvgIpc) is 0.728. The molecule has 0 amide bonds. The molecule has 0 heterocycles. The quantitative estimate of drug-likeness (QED) is 0.0952. The second-order valence-corrected chi connectivity index (χ2v) is 38.2. The molecule has 146 heavy (non-hydrogen) atoms. The standard InChI is InChI=1S/C52H34.C48H32.C46H30/c1-2-12-35(13-3-1)37-24-26-38(27-25-37)43-30-31-49-50(34-43)51(44-19-10-18-41(33-44)42-29-28-36-14-4-5-16-40(36)32-42)47-21-8-9-22-48(47)52(49)46-23-11-17-39-15-6-7-20-45(39)46;1-3-14-33(15-4-1)34-26-28-35(29-27-34)38-30-31-45-46(32-38)48(41-22-10-9-21-39(41)36-16-5-2-6-17-36)44-24-12-11-23-43(44)47(45)42-25-13-19-37-18-7-8-20-40(37)42;1-2-10-31(11-3-1)34-18-20-35(21-19-34)38-26-27-43-44(30-38)46(40-25-23-33-13-5-7-15-37(33)29-40)42-17-9-8-16-41(42)45(43)39-24-22-32-12-4-6-14-36(32)28-39/h1-34H;1-32H;1-30H. The van der Waals surface area contributed by atoms with Crippen LogP contribution in [0.1, 0.15) is 0 Å². The number of rotatable bonds is 14. The smallest absolute Gasteiger partial charge is 0.00199 e. The maximum atomic E-state index is 2.42. The van der Waals surface area contributed by atoms with E-state index in [2.05, 4.69) is 582 Å². The van der Waals surface area contributed by atoms with Gasteiger partial charge in [-0.1, -0.05) is 540 Å². The average molecular weight is 1850 g/mol. The van der Waals surface area contributed by atoms with E-state index in [0.29, 0.717) is 0 Å². The molecule has 28 aromatic rings. The SMILES string of the molecule is c1ccc(-c2ccc(-c3ccc4c(-c5ccc6ccccc6c5)c5ccccc5c(-c5ccc6ccccc6c5)c4c3)cc2)cc1.c1ccc(-c2ccc(-c3ccc4c(-c5cccc6ccccc56)c5ccccc5c(-c5cccc(-c6ccc7ccccc7c6)c5)c4c3)cc2)cc1.c1ccc(-c2ccc(-c3ccc4c(-c5cccc6ccccc56)c5ccccc5c(-c5ccccc5-c5ccccc5)c4c3)cc2)cc1. The lowest BCUT2D eigenvalue weighted by atomic mass is 9.82. The Morgan fingerprint density at radius 1 is 0.0685 bits per heavy atom. The lowest BCUT2D eigenvalue weighted by Gasteiger charge is -2.21. The normalized spacial score (nSPS) is 11.4. The second-order valence-electron chi connectivity index (χ2n) is 38.2. The van der Waals surface area contributed by atoms with Crippen molar-refractivity contribution in [2.75, 3.05) is 0 Å². The van der Waals surface area contributed by atoms with Crippen molar-refractivity contribution in [2.24, 2.45) is 0 Å². The van der Waals surface area contributed by atoms with Gasteiger partial charge in [-0.15, -0.1) is 0 Å². The van der Waals surface area contributed by atoms with Gasteiger partial charge in [-0.3, -0.25) is 0 Å². The van der Waals surface area contributed by atoms with Crippen LogP contribution in [0.25, 0.3) is 274 Å². The Labute approximate surface area is 850 Å². The van der Waals surface area contributed by atoms with Gasteiger partial charge in [-0.2, -0.15) is 0 Å². The van der Waals surface area contributed by atoms with E-state index in [0.717, 1.165) is 0 Å². The van der Waals surface area contributed by atoms with Crippen LogP contribution >= 0.6 is 0 Å². The fraction of sp³-hybridized carbons (Fsp3) is 0. The van der Waals surface area contributed by atoms with Gasteiger partial charge in [0, 0.05) is 0 Å². The van der Waals surface area contributed by atoms with E-state index >= 15 is 0 Å². The van der Waals surface area contributed by atoms with Crippen molar-refractivity contribution in [3.05, 3.63) is 582 Å². The van der Waals surface area contributed by atoms with E-state index in [4.69, 9.17) is 0 Å². The molecule has 0 aromatic heterocycles. The Morgan fingerprint density at radius 2 is 0.260 bits per heavy atom. The zero-order valence-electron chi connectivity index (χ0n) is 80.4. The lowest BCUT2D eigenvalue weighted by Crippen LogP contribution is -1.94. The maximum absolute atomic E-state index is 2.42. The second kappa shape index (κ2) is 38.2. The molecule has 0 spiro atoms. The first-order valence-corrected chi connectivity index (χ1v) is 50.5. The largest absolute Gasteiger partial charge is 0.0622 e. The number of benzene rings is 28. The van der Waals surface area contributed by atoms with Crippen molar-refractivity contribution in [3.63, 3.8) is 0 Å². The summed E-state index contributed by atoms with van der Waals surface area (Å²) in [6, 6.07) is 213. The molecule has 28 rings (SSSR count). The summed E-state index contributed by atoms with van der Waals surface area (Å²) < 4.78 is 0. The van der Waals surface area contributed by atoms with Crippen LogP contribution in [-0.4, -0.2) is 0 Å². The highest BCUT2D eigenvalue weighted by molar-refractivity contribution is 6.28. The predicted octanol–water partition coefficient (Wildman–Crippen LogP) is 41.1. The third-order valence-corrected chi connectivity index (χ3v) is 29.8. The van der Waals surface area contributed by atoms with Gasteiger partial charge in [-0.25, -0.2) is 0 Å². The Balaban J connectivity index is 0.000000111. The Bertz CT molecular complexity index is 9860. The van der Waals surface area contributed by atoms with Gasteiger partial charge in [0.05, 0.1) is 0 Å². The van der Waals surface area contributed by atoms with Crippen LogP contribution in [-0.2, 0) is 0 Å². The molecule has 0 N–H and O–H groups in total. The molecule has 0 radical (unpaired) electrons. The van der Waals surface area contributed by atoms with Gasteiger partial charge in [-0.05, 0) is 317 Å². The molecule has 0 bridgehead atoms. The molecule has 0 aliphatic rings. The zero-order chi connectivity index (χ0) is 96.7. The summed E-state index contributed by atoms with van der Waals surface area (Å²) in [5.74, 6) is 0. The summed E-state index contributed by atoms with van der Waals surface area (Å²) in [7, 11) is 0. The fourth-order valence-electron chi connectivity index (χ4n) is 22.7. The van der Waals surface area contributed by atoms with Crippen LogP contribution in [0.3, 0.4) is 0 Å². The van der Waals surface area contributed by atoms with E-state index in [-0.39, 0.29) is 0 Å². The monoisotopic (exact) mass is 1850 g/mol. The van der Waals surface area contributed by atoms with Crippen molar-refractivity contribution in [3.8, 4) is 156 Å². The minimum atomic E-state index is 1.21. The molecular weight excluding hydrogens is 1750 g/mol. The minimum Gasteiger partial charge on any atom is -0.0622 e. The summed E-state index contributed by atoms with van der Waals surface area (Å²) in [4.78, 5) is 0. The molecule has 0 aliphatic carbocycles. The highest BCUT2D eigenvalue weighted by Crippen LogP contribution is 2.53. The summed E-state index contributed by atoms with van der Waals surface area (Å²) in [6.07, 6.45) is 0. The Kier molecular flexibility index (Phi) is 22.8. The Morgan fingerprint density at radius 3 is 0.644 bits per heavy atom. The van der Waals surface area contributed by atoms with E-state index < -0.39 is 0 Å². The number of hydrogen-bond donors (Lipinski definition) is 0. The first-order valence-electron chi connectivity index (χ1n) is 50.5. The van der Waals surface area contributed by atoms with E-state index in [1.165, 1.54) is 274 Å². The van der Waals surface area contributed by atoms with E-state index in [1.807, 2.05) is 0 Å². The van der Waals surface area contributed by atoms with Crippen LogP contribution in [0, 0.1) is 0 Å². The molecule has 0 atom stereocenters. The fourth-order valence-corrected chi connectivity index (χ4v) is 22.7. The van der Waals surface area contributed by atoms with Gasteiger partial charge >= 0.3 is 0 Å². The lowest BCUT2D eigenvalue weighted by molar-refractivity contribution is 1.59. The molecule has 0 heteroatoms. The highest BCUT2D eigenvalue weighted by Gasteiger charge is 2.26. The maximum Gasteiger partial charge on any atom is -0.00199 e.